The van der Waals surface area contributed by atoms with Gasteiger partial charge in [-0.05, 0) is 0 Å². The lowest BCUT2D eigenvalue weighted by Gasteiger charge is -2.38. The number of hydrogen-bond acceptors (Lipinski definition) is 1. The minimum atomic E-state index is -7.73. The zero-order valence-electron chi connectivity index (χ0n) is 9.41. The van der Waals surface area contributed by atoms with E-state index in [1.54, 1.807) is 0 Å². The number of alkyl halides is 14. The van der Waals surface area contributed by atoms with Gasteiger partial charge in [-0.15, -0.1) is 0 Å². The first kappa shape index (κ1) is 21.0. The fourth-order valence-electron chi connectivity index (χ4n) is 0.912. The SMILES string of the molecule is FC(F)(F)COC(F)(C(F)(F)F)C(F)(F)C(F)(F)C(F)(F)F. The minimum absolute atomic E-state index is 2.06. The van der Waals surface area contributed by atoms with Crippen LogP contribution in [0.15, 0.2) is 0 Å². The molecule has 0 radical (unpaired) electrons. The second kappa shape index (κ2) is 5.26. The van der Waals surface area contributed by atoms with Gasteiger partial charge in [0.05, 0.1) is 0 Å². The molecular weight excluding hydrogens is 366 g/mol. The van der Waals surface area contributed by atoms with Gasteiger partial charge >= 0.3 is 36.2 Å². The van der Waals surface area contributed by atoms with E-state index in [-0.39, 0.29) is 0 Å². The van der Waals surface area contributed by atoms with Crippen LogP contribution in [0.4, 0.5) is 61.5 Å². The lowest BCUT2D eigenvalue weighted by atomic mass is 10.0. The van der Waals surface area contributed by atoms with Crippen molar-refractivity contribution in [2.24, 2.45) is 0 Å². The molecule has 0 fully saturated rings. The topological polar surface area (TPSA) is 9.23 Å². The Morgan fingerprint density at radius 2 is 0.864 bits per heavy atom. The minimum Gasteiger partial charge on any atom is -0.324 e. The number of halogens is 14. The number of hydrogen-bond donors (Lipinski definition) is 0. The second-order valence-corrected chi connectivity index (χ2v) is 3.64. The number of ether oxygens (including phenoxy) is 1. The molecule has 22 heavy (non-hydrogen) atoms. The average molecular weight is 368 g/mol. The highest BCUT2D eigenvalue weighted by Gasteiger charge is 2.88. The van der Waals surface area contributed by atoms with Crippen LogP contribution in [0.2, 0.25) is 0 Å². The molecule has 0 heterocycles. The summed E-state index contributed by atoms with van der Waals surface area (Å²) in [6, 6.07) is 0. The summed E-state index contributed by atoms with van der Waals surface area (Å²) in [5.41, 5.74) is 0. The van der Waals surface area contributed by atoms with Crippen molar-refractivity contribution in [3.63, 3.8) is 0 Å². The van der Waals surface area contributed by atoms with Gasteiger partial charge in [-0.25, -0.2) is 0 Å². The molecule has 15 heteroatoms. The monoisotopic (exact) mass is 368 g/mol. The van der Waals surface area contributed by atoms with Crippen molar-refractivity contribution in [3.8, 4) is 0 Å². The molecule has 1 atom stereocenters. The van der Waals surface area contributed by atoms with Crippen molar-refractivity contribution in [2.75, 3.05) is 6.61 Å². The lowest BCUT2D eigenvalue weighted by Crippen LogP contribution is -2.68. The molecule has 134 valence electrons. The predicted molar refractivity (Wildman–Crippen MR) is 37.9 cm³/mol. The van der Waals surface area contributed by atoms with Gasteiger partial charge in [0.15, 0.2) is 0 Å². The molecule has 0 aromatic heterocycles. The van der Waals surface area contributed by atoms with E-state index in [1.807, 2.05) is 0 Å². The van der Waals surface area contributed by atoms with Gasteiger partial charge in [0.2, 0.25) is 0 Å². The van der Waals surface area contributed by atoms with Gasteiger partial charge in [-0.3, -0.25) is 0 Å². The van der Waals surface area contributed by atoms with E-state index in [1.165, 1.54) is 0 Å². The highest BCUT2D eigenvalue weighted by molar-refractivity contribution is 5.04. The fraction of sp³-hybridized carbons (Fsp3) is 1.00. The maximum Gasteiger partial charge on any atom is 0.460 e. The molecule has 0 aliphatic carbocycles. The molecule has 1 unspecified atom stereocenters. The summed E-state index contributed by atoms with van der Waals surface area (Å²) in [5.74, 6) is -22.6. The first-order valence-corrected chi connectivity index (χ1v) is 4.49. The van der Waals surface area contributed by atoms with E-state index in [2.05, 4.69) is 4.74 Å². The Balaban J connectivity index is 6.01. The predicted octanol–water partition coefficient (Wildman–Crippen LogP) is 4.63. The van der Waals surface area contributed by atoms with Crippen LogP contribution < -0.4 is 0 Å². The van der Waals surface area contributed by atoms with Crippen LogP contribution in [0.5, 0.6) is 0 Å². The molecule has 1 nitrogen and oxygen atoms in total. The maximum absolute atomic E-state index is 13.1. The molecule has 0 saturated carbocycles. The van der Waals surface area contributed by atoms with E-state index in [0.29, 0.717) is 0 Å². The summed E-state index contributed by atoms with van der Waals surface area (Å²) in [5, 5.41) is 0. The summed E-state index contributed by atoms with van der Waals surface area (Å²) in [6.45, 7) is -3.49. The summed E-state index contributed by atoms with van der Waals surface area (Å²) in [4.78, 5) is 0. The molecule has 0 N–H and O–H groups in total. The van der Waals surface area contributed by atoms with Crippen molar-refractivity contribution >= 4 is 0 Å². The van der Waals surface area contributed by atoms with E-state index < -0.39 is 42.8 Å². The van der Waals surface area contributed by atoms with Gasteiger partial charge in [0.25, 0.3) is 0 Å². The van der Waals surface area contributed by atoms with Crippen LogP contribution in [0.25, 0.3) is 0 Å². The quantitative estimate of drug-likeness (QED) is 0.658. The van der Waals surface area contributed by atoms with E-state index in [9.17, 15) is 61.5 Å². The molecule has 0 bridgehead atoms. The van der Waals surface area contributed by atoms with Crippen molar-refractivity contribution in [3.05, 3.63) is 0 Å². The average Bonchev–Trinajstić information content (AvgIpc) is 2.20. The first-order valence-electron chi connectivity index (χ1n) is 4.49. The van der Waals surface area contributed by atoms with Crippen molar-refractivity contribution < 1.29 is 66.2 Å². The molecule has 0 aromatic rings. The summed E-state index contributed by atoms with van der Waals surface area (Å²) in [7, 11) is 0. The van der Waals surface area contributed by atoms with Crippen molar-refractivity contribution in [1.29, 1.82) is 0 Å². The van der Waals surface area contributed by atoms with Gasteiger partial charge in [-0.1, -0.05) is 0 Å². The zero-order valence-corrected chi connectivity index (χ0v) is 9.41. The molecule has 0 rings (SSSR count). The smallest absolute Gasteiger partial charge is 0.324 e. The van der Waals surface area contributed by atoms with Gasteiger partial charge < -0.3 is 4.74 Å². The van der Waals surface area contributed by atoms with Crippen LogP contribution in [-0.4, -0.2) is 42.8 Å². The Labute approximate surface area is 110 Å². The highest BCUT2D eigenvalue weighted by Crippen LogP contribution is 2.57. The van der Waals surface area contributed by atoms with Crippen LogP contribution in [0, 0.1) is 0 Å². The largest absolute Gasteiger partial charge is 0.460 e. The Morgan fingerprint density at radius 1 is 0.500 bits per heavy atom. The van der Waals surface area contributed by atoms with Crippen LogP contribution in [-0.2, 0) is 4.74 Å². The summed E-state index contributed by atoms with van der Waals surface area (Å²) >= 11 is 0. The molecule has 0 aliphatic rings. The van der Waals surface area contributed by atoms with Crippen LogP contribution in [0.3, 0.4) is 0 Å². The summed E-state index contributed by atoms with van der Waals surface area (Å²) in [6.07, 6.45) is -20.7. The lowest BCUT2D eigenvalue weighted by molar-refractivity contribution is -0.469. The standard InChI is InChI=1S/C7H2F14O/c8-2(9,10)1-22-5(15,7(19,20)21)3(11,12)4(13,14)6(16,17)18/h1H2. The zero-order chi connectivity index (χ0) is 18.4. The third-order valence-electron chi connectivity index (χ3n) is 1.95. The third-order valence-corrected chi connectivity index (χ3v) is 1.95. The van der Waals surface area contributed by atoms with E-state index in [0.717, 1.165) is 0 Å². The molecular formula is C7H2F14O. The summed E-state index contributed by atoms with van der Waals surface area (Å²) < 4.78 is 171. The van der Waals surface area contributed by atoms with Crippen LogP contribution >= 0.6 is 0 Å². The highest BCUT2D eigenvalue weighted by atomic mass is 19.4. The Morgan fingerprint density at radius 3 is 1.09 bits per heavy atom. The fourth-order valence-corrected chi connectivity index (χ4v) is 0.912. The number of rotatable bonds is 4. The van der Waals surface area contributed by atoms with Crippen molar-refractivity contribution in [1.82, 2.24) is 0 Å². The van der Waals surface area contributed by atoms with Gasteiger partial charge in [-0.2, -0.15) is 61.5 Å². The second-order valence-electron chi connectivity index (χ2n) is 3.64. The third kappa shape index (κ3) is 3.48. The molecule has 0 saturated heterocycles. The van der Waals surface area contributed by atoms with Crippen LogP contribution in [0.1, 0.15) is 0 Å². The van der Waals surface area contributed by atoms with Crippen molar-refractivity contribution in [2.45, 2.75) is 36.2 Å². The van der Waals surface area contributed by atoms with E-state index in [4.69, 9.17) is 0 Å². The van der Waals surface area contributed by atoms with E-state index >= 15 is 0 Å². The molecule has 0 amide bonds. The van der Waals surface area contributed by atoms with Gasteiger partial charge in [0, 0.05) is 0 Å². The molecule has 0 aromatic carbocycles. The Kier molecular flexibility index (Phi) is 5.02. The maximum atomic E-state index is 13.1. The normalized spacial score (nSPS) is 18.3. The molecule has 0 spiro atoms. The van der Waals surface area contributed by atoms with Gasteiger partial charge in [0.1, 0.15) is 6.61 Å². The Hall–Kier alpha value is -1.02. The molecule has 0 aliphatic heterocycles. The Bertz CT molecular complexity index is 387. The first-order chi connectivity index (χ1) is 9.21.